The van der Waals surface area contributed by atoms with Crippen LogP contribution in [0.3, 0.4) is 0 Å². The van der Waals surface area contributed by atoms with E-state index in [4.69, 9.17) is 0 Å². The molecule has 1 heterocycles. The Labute approximate surface area is 106 Å². The van der Waals surface area contributed by atoms with Crippen LogP contribution in [0.25, 0.3) is 0 Å². The minimum atomic E-state index is -3.04. The molecule has 2 aliphatic rings. The Balaban J connectivity index is 1.79. The summed E-state index contributed by atoms with van der Waals surface area (Å²) in [5.74, 6) is -1.34. The van der Waals surface area contributed by atoms with Gasteiger partial charge in [-0.2, -0.15) is 0 Å². The fourth-order valence-corrected chi connectivity index (χ4v) is 4.15. The van der Waals surface area contributed by atoms with E-state index in [9.17, 15) is 18.0 Å². The molecular weight excluding hydrogens is 256 g/mol. The fraction of sp³-hybridized carbons (Fsp3) is 0.818. The predicted octanol–water partition coefficient (Wildman–Crippen LogP) is -0.651. The van der Waals surface area contributed by atoms with Crippen molar-refractivity contribution in [3.05, 3.63) is 0 Å². The molecule has 2 rings (SSSR count). The van der Waals surface area contributed by atoms with Crippen LogP contribution in [-0.2, 0) is 19.4 Å². The second kappa shape index (κ2) is 5.26. The number of hydrogen-bond donors (Lipinski definition) is 2. The first kappa shape index (κ1) is 13.3. The van der Waals surface area contributed by atoms with Gasteiger partial charge in [-0.15, -0.1) is 0 Å². The molecule has 2 fully saturated rings. The van der Waals surface area contributed by atoms with Crippen molar-refractivity contribution in [3.8, 4) is 0 Å². The van der Waals surface area contributed by atoms with Gasteiger partial charge < -0.3 is 10.6 Å². The minimum Gasteiger partial charge on any atom is -0.345 e. The van der Waals surface area contributed by atoms with E-state index in [1.807, 2.05) is 0 Å². The van der Waals surface area contributed by atoms with Gasteiger partial charge in [-0.25, -0.2) is 8.42 Å². The van der Waals surface area contributed by atoms with E-state index in [2.05, 4.69) is 10.6 Å². The standard InChI is InChI=1S/C11H18N2O4S/c14-10(12-8-3-1-2-4-8)11(15)13-9-5-6-18(16,17)7-9/h8-9H,1-7H2,(H,12,14)(H,13,15). The van der Waals surface area contributed by atoms with Gasteiger partial charge in [-0.1, -0.05) is 12.8 Å². The number of amides is 2. The summed E-state index contributed by atoms with van der Waals surface area (Å²) in [6.45, 7) is 0. The second-order valence-electron chi connectivity index (χ2n) is 5.03. The van der Waals surface area contributed by atoms with E-state index in [1.165, 1.54) is 0 Å². The summed E-state index contributed by atoms with van der Waals surface area (Å²) >= 11 is 0. The van der Waals surface area contributed by atoms with Crippen molar-refractivity contribution in [1.29, 1.82) is 0 Å². The van der Waals surface area contributed by atoms with Crippen LogP contribution < -0.4 is 10.6 Å². The molecule has 1 saturated heterocycles. The number of rotatable bonds is 2. The lowest BCUT2D eigenvalue weighted by Crippen LogP contribution is -2.47. The molecular formula is C11H18N2O4S. The van der Waals surface area contributed by atoms with Crippen molar-refractivity contribution in [2.24, 2.45) is 0 Å². The van der Waals surface area contributed by atoms with Crippen LogP contribution in [0.2, 0.25) is 0 Å². The number of carbonyl (C=O) groups excluding carboxylic acids is 2. The topological polar surface area (TPSA) is 92.3 Å². The van der Waals surface area contributed by atoms with Crippen molar-refractivity contribution in [3.63, 3.8) is 0 Å². The average Bonchev–Trinajstić information content (AvgIpc) is 2.88. The molecule has 2 N–H and O–H groups in total. The van der Waals surface area contributed by atoms with Gasteiger partial charge in [0.05, 0.1) is 11.5 Å². The Bertz CT molecular complexity index is 440. The van der Waals surface area contributed by atoms with Gasteiger partial charge >= 0.3 is 11.8 Å². The monoisotopic (exact) mass is 274 g/mol. The van der Waals surface area contributed by atoms with Gasteiger partial charge in [0.2, 0.25) is 0 Å². The Morgan fingerprint density at radius 2 is 1.44 bits per heavy atom. The maximum atomic E-state index is 11.6. The second-order valence-corrected chi connectivity index (χ2v) is 7.26. The molecule has 102 valence electrons. The lowest BCUT2D eigenvalue weighted by molar-refractivity contribution is -0.140. The summed E-state index contributed by atoms with van der Waals surface area (Å²) in [5.41, 5.74) is 0. The van der Waals surface area contributed by atoms with E-state index in [0.717, 1.165) is 25.7 Å². The van der Waals surface area contributed by atoms with Gasteiger partial charge in [0.15, 0.2) is 9.84 Å². The summed E-state index contributed by atoms with van der Waals surface area (Å²) in [4.78, 5) is 23.2. The molecule has 0 bridgehead atoms. The molecule has 0 spiro atoms. The number of sulfone groups is 1. The van der Waals surface area contributed by atoms with Gasteiger partial charge in [0.1, 0.15) is 0 Å². The third-order valence-corrected chi connectivity index (χ3v) is 5.23. The predicted molar refractivity (Wildman–Crippen MR) is 65.6 cm³/mol. The Morgan fingerprint density at radius 3 is 1.94 bits per heavy atom. The molecule has 1 aliphatic carbocycles. The lowest BCUT2D eigenvalue weighted by Gasteiger charge is -2.14. The van der Waals surface area contributed by atoms with E-state index in [0.29, 0.717) is 6.42 Å². The largest absolute Gasteiger partial charge is 0.345 e. The highest BCUT2D eigenvalue weighted by molar-refractivity contribution is 7.91. The summed E-state index contributed by atoms with van der Waals surface area (Å²) in [6, 6.07) is -0.326. The van der Waals surface area contributed by atoms with Gasteiger partial charge in [-0.3, -0.25) is 9.59 Å². The van der Waals surface area contributed by atoms with E-state index >= 15 is 0 Å². The van der Waals surface area contributed by atoms with Gasteiger partial charge in [-0.05, 0) is 19.3 Å². The molecule has 1 atom stereocenters. The van der Waals surface area contributed by atoms with E-state index < -0.39 is 27.7 Å². The van der Waals surface area contributed by atoms with Crippen molar-refractivity contribution < 1.29 is 18.0 Å². The minimum absolute atomic E-state index is 0.0601. The molecule has 1 unspecified atom stereocenters. The molecule has 6 nitrogen and oxygen atoms in total. The van der Waals surface area contributed by atoms with Crippen molar-refractivity contribution >= 4 is 21.7 Å². The zero-order valence-electron chi connectivity index (χ0n) is 10.1. The molecule has 1 saturated carbocycles. The SMILES string of the molecule is O=C(NC1CCCC1)C(=O)NC1CCS(=O)(=O)C1. The molecule has 0 aromatic heterocycles. The smallest absolute Gasteiger partial charge is 0.309 e. The fourth-order valence-electron chi connectivity index (χ4n) is 2.48. The van der Waals surface area contributed by atoms with Crippen LogP contribution in [0.15, 0.2) is 0 Å². The molecule has 7 heteroatoms. The van der Waals surface area contributed by atoms with Gasteiger partial charge in [0, 0.05) is 12.1 Å². The number of nitrogens with one attached hydrogen (secondary N) is 2. The van der Waals surface area contributed by atoms with Crippen LogP contribution >= 0.6 is 0 Å². The van der Waals surface area contributed by atoms with E-state index in [1.54, 1.807) is 0 Å². The van der Waals surface area contributed by atoms with Crippen LogP contribution in [0, 0.1) is 0 Å². The molecule has 0 radical (unpaired) electrons. The first-order valence-corrected chi connectivity index (χ1v) is 8.10. The normalized spacial score (nSPS) is 27.0. The maximum Gasteiger partial charge on any atom is 0.309 e. The molecule has 2 amide bonds. The highest BCUT2D eigenvalue weighted by atomic mass is 32.2. The molecule has 0 aromatic rings. The van der Waals surface area contributed by atoms with E-state index in [-0.39, 0.29) is 17.5 Å². The summed E-state index contributed by atoms with van der Waals surface area (Å²) < 4.78 is 22.4. The zero-order chi connectivity index (χ0) is 13.2. The number of carbonyl (C=O) groups is 2. The first-order chi connectivity index (χ1) is 8.46. The third kappa shape index (κ3) is 3.44. The van der Waals surface area contributed by atoms with Gasteiger partial charge in [0.25, 0.3) is 0 Å². The van der Waals surface area contributed by atoms with Crippen molar-refractivity contribution in [2.45, 2.75) is 44.2 Å². The molecule has 0 aromatic carbocycles. The van der Waals surface area contributed by atoms with Crippen molar-refractivity contribution in [1.82, 2.24) is 10.6 Å². The summed E-state index contributed by atoms with van der Waals surface area (Å²) in [5, 5.41) is 5.15. The van der Waals surface area contributed by atoms with Crippen molar-refractivity contribution in [2.75, 3.05) is 11.5 Å². The quantitative estimate of drug-likeness (QED) is 0.654. The third-order valence-electron chi connectivity index (χ3n) is 3.46. The Hall–Kier alpha value is -1.11. The van der Waals surface area contributed by atoms with Crippen LogP contribution in [0.1, 0.15) is 32.1 Å². The highest BCUT2D eigenvalue weighted by Gasteiger charge is 2.31. The number of hydrogen-bond acceptors (Lipinski definition) is 4. The summed E-state index contributed by atoms with van der Waals surface area (Å²) in [7, 11) is -3.04. The Morgan fingerprint density at radius 1 is 0.889 bits per heavy atom. The van der Waals surface area contributed by atoms with Crippen LogP contribution in [0.4, 0.5) is 0 Å². The first-order valence-electron chi connectivity index (χ1n) is 6.28. The average molecular weight is 274 g/mol. The Kier molecular flexibility index (Phi) is 3.89. The van der Waals surface area contributed by atoms with Crippen LogP contribution in [0.5, 0.6) is 0 Å². The maximum absolute atomic E-state index is 11.6. The zero-order valence-corrected chi connectivity index (χ0v) is 11.0. The molecule has 1 aliphatic heterocycles. The summed E-state index contributed by atoms with van der Waals surface area (Å²) in [6.07, 6.45) is 4.37. The lowest BCUT2D eigenvalue weighted by atomic mass is 10.2. The molecule has 18 heavy (non-hydrogen) atoms. The van der Waals surface area contributed by atoms with Crippen LogP contribution in [-0.4, -0.2) is 43.8 Å². The highest BCUT2D eigenvalue weighted by Crippen LogP contribution is 2.17.